The fourth-order valence-electron chi connectivity index (χ4n) is 3.64. The summed E-state index contributed by atoms with van der Waals surface area (Å²) in [6.07, 6.45) is 1.14. The van der Waals surface area contributed by atoms with E-state index in [9.17, 15) is 14.0 Å². The van der Waals surface area contributed by atoms with E-state index in [0.29, 0.717) is 18.7 Å². The summed E-state index contributed by atoms with van der Waals surface area (Å²) >= 11 is 0. The standard InChI is InChI=1S/C28H31FN2O3/c1-3-16-30-28(33)26(18-22-9-5-4-6-10-22)31(19-23-12-14-24(29)15-13-23)27(32)20-34-25-11-7-8-21(2)17-25/h4-15,17,26H,3,16,18-20H2,1-2H3,(H,30,33)/t26-/m1/s1. The lowest BCUT2D eigenvalue weighted by Gasteiger charge is -2.31. The minimum absolute atomic E-state index is 0.160. The van der Waals surface area contributed by atoms with Crippen LogP contribution < -0.4 is 10.1 Å². The summed E-state index contributed by atoms with van der Waals surface area (Å²) in [4.78, 5) is 28.2. The minimum Gasteiger partial charge on any atom is -0.484 e. The Hall–Kier alpha value is -3.67. The van der Waals surface area contributed by atoms with Crippen LogP contribution in [0.5, 0.6) is 5.75 Å². The number of carbonyl (C=O) groups is 2. The van der Waals surface area contributed by atoms with Crippen LogP contribution in [0.15, 0.2) is 78.9 Å². The van der Waals surface area contributed by atoms with Gasteiger partial charge in [0.2, 0.25) is 5.91 Å². The number of carbonyl (C=O) groups excluding carboxylic acids is 2. The van der Waals surface area contributed by atoms with E-state index in [2.05, 4.69) is 5.32 Å². The average Bonchev–Trinajstić information content (AvgIpc) is 2.85. The van der Waals surface area contributed by atoms with Crippen molar-refractivity contribution < 1.29 is 18.7 Å². The van der Waals surface area contributed by atoms with Gasteiger partial charge in [0, 0.05) is 19.5 Å². The summed E-state index contributed by atoms with van der Waals surface area (Å²) in [5.74, 6) is -0.314. The van der Waals surface area contributed by atoms with Gasteiger partial charge in [-0.3, -0.25) is 9.59 Å². The number of amides is 2. The van der Waals surface area contributed by atoms with Gasteiger partial charge in [-0.05, 0) is 54.3 Å². The Labute approximate surface area is 200 Å². The van der Waals surface area contributed by atoms with Crippen LogP contribution in [0.2, 0.25) is 0 Å². The smallest absolute Gasteiger partial charge is 0.261 e. The summed E-state index contributed by atoms with van der Waals surface area (Å²) in [7, 11) is 0. The Bertz CT molecular complexity index is 1070. The molecule has 3 aromatic rings. The van der Waals surface area contributed by atoms with E-state index >= 15 is 0 Å². The molecule has 0 aliphatic carbocycles. The fraction of sp³-hybridized carbons (Fsp3) is 0.286. The number of rotatable bonds is 11. The van der Waals surface area contributed by atoms with E-state index in [-0.39, 0.29) is 30.8 Å². The molecule has 0 unspecified atom stereocenters. The SMILES string of the molecule is CCCNC(=O)[C@@H](Cc1ccccc1)N(Cc1ccc(F)cc1)C(=O)COc1cccc(C)c1. The summed E-state index contributed by atoms with van der Waals surface area (Å²) < 4.78 is 19.2. The molecule has 3 aromatic carbocycles. The molecule has 5 nitrogen and oxygen atoms in total. The number of hydrogen-bond donors (Lipinski definition) is 1. The van der Waals surface area contributed by atoms with E-state index in [4.69, 9.17) is 4.74 Å². The van der Waals surface area contributed by atoms with Crippen LogP contribution in [-0.4, -0.2) is 35.9 Å². The maximum Gasteiger partial charge on any atom is 0.261 e. The highest BCUT2D eigenvalue weighted by Gasteiger charge is 2.30. The molecule has 0 bridgehead atoms. The maximum absolute atomic E-state index is 13.5. The van der Waals surface area contributed by atoms with Gasteiger partial charge < -0.3 is 15.0 Å². The van der Waals surface area contributed by atoms with Gasteiger partial charge in [0.15, 0.2) is 6.61 Å². The topological polar surface area (TPSA) is 58.6 Å². The normalized spacial score (nSPS) is 11.5. The van der Waals surface area contributed by atoms with Crippen molar-refractivity contribution in [3.05, 3.63) is 101 Å². The highest BCUT2D eigenvalue weighted by atomic mass is 19.1. The second-order valence-corrected chi connectivity index (χ2v) is 8.25. The van der Waals surface area contributed by atoms with Crippen LogP contribution in [0, 0.1) is 12.7 Å². The van der Waals surface area contributed by atoms with Crippen LogP contribution in [0.1, 0.15) is 30.0 Å². The zero-order valence-electron chi connectivity index (χ0n) is 19.7. The fourth-order valence-corrected chi connectivity index (χ4v) is 3.64. The number of ether oxygens (including phenoxy) is 1. The molecule has 178 valence electrons. The molecule has 0 aliphatic heterocycles. The van der Waals surface area contributed by atoms with Gasteiger partial charge in [0.05, 0.1) is 0 Å². The lowest BCUT2D eigenvalue weighted by molar-refractivity contribution is -0.142. The first kappa shape index (κ1) is 25.0. The van der Waals surface area contributed by atoms with Crippen molar-refractivity contribution in [1.29, 1.82) is 0 Å². The van der Waals surface area contributed by atoms with Crippen LogP contribution in [0.25, 0.3) is 0 Å². The number of benzene rings is 3. The van der Waals surface area contributed by atoms with Crippen molar-refractivity contribution in [2.24, 2.45) is 0 Å². The Morgan fingerprint density at radius 1 is 0.971 bits per heavy atom. The van der Waals surface area contributed by atoms with Crippen molar-refractivity contribution in [3.63, 3.8) is 0 Å². The van der Waals surface area contributed by atoms with Crippen molar-refractivity contribution in [2.45, 2.75) is 39.3 Å². The third-order valence-corrected chi connectivity index (χ3v) is 5.44. The molecule has 1 atom stereocenters. The molecule has 0 heterocycles. The molecule has 0 aliphatic rings. The predicted octanol–water partition coefficient (Wildman–Crippen LogP) is 4.68. The van der Waals surface area contributed by atoms with Crippen LogP contribution in [-0.2, 0) is 22.6 Å². The molecule has 1 N–H and O–H groups in total. The largest absolute Gasteiger partial charge is 0.484 e. The maximum atomic E-state index is 13.5. The second-order valence-electron chi connectivity index (χ2n) is 8.25. The van der Waals surface area contributed by atoms with E-state index in [0.717, 1.165) is 23.1 Å². The molecule has 0 saturated carbocycles. The molecule has 0 radical (unpaired) electrons. The first-order valence-corrected chi connectivity index (χ1v) is 11.5. The van der Waals surface area contributed by atoms with Gasteiger partial charge in [0.1, 0.15) is 17.6 Å². The quantitative estimate of drug-likeness (QED) is 0.450. The number of nitrogens with one attached hydrogen (secondary N) is 1. The number of aryl methyl sites for hydroxylation is 1. The number of hydrogen-bond acceptors (Lipinski definition) is 3. The van der Waals surface area contributed by atoms with Crippen LogP contribution in [0.4, 0.5) is 4.39 Å². The highest BCUT2D eigenvalue weighted by molar-refractivity contribution is 5.88. The van der Waals surface area contributed by atoms with E-state index in [1.54, 1.807) is 18.2 Å². The van der Waals surface area contributed by atoms with Gasteiger partial charge in [0.25, 0.3) is 5.91 Å². The molecule has 0 saturated heterocycles. The summed E-state index contributed by atoms with van der Waals surface area (Å²) in [6.45, 7) is 4.39. The molecular formula is C28H31FN2O3. The summed E-state index contributed by atoms with van der Waals surface area (Å²) in [5.41, 5.74) is 2.69. The molecule has 0 aromatic heterocycles. The summed E-state index contributed by atoms with van der Waals surface area (Å²) in [5, 5.41) is 2.93. The van der Waals surface area contributed by atoms with Crippen molar-refractivity contribution in [1.82, 2.24) is 10.2 Å². The van der Waals surface area contributed by atoms with E-state index < -0.39 is 6.04 Å². The Morgan fingerprint density at radius 3 is 2.38 bits per heavy atom. The number of halogens is 1. The van der Waals surface area contributed by atoms with Gasteiger partial charge in [-0.1, -0.05) is 61.5 Å². The third-order valence-electron chi connectivity index (χ3n) is 5.44. The van der Waals surface area contributed by atoms with Crippen molar-refractivity contribution in [2.75, 3.05) is 13.2 Å². The Balaban J connectivity index is 1.88. The van der Waals surface area contributed by atoms with Crippen LogP contribution in [0.3, 0.4) is 0 Å². The lowest BCUT2D eigenvalue weighted by Crippen LogP contribution is -2.51. The number of nitrogens with zero attached hydrogens (tertiary/aromatic N) is 1. The van der Waals surface area contributed by atoms with E-state index in [1.165, 1.54) is 17.0 Å². The lowest BCUT2D eigenvalue weighted by atomic mass is 10.0. The minimum atomic E-state index is -0.743. The van der Waals surface area contributed by atoms with Crippen molar-refractivity contribution in [3.8, 4) is 5.75 Å². The first-order chi connectivity index (χ1) is 16.5. The molecule has 6 heteroatoms. The Kier molecular flexibility index (Phi) is 9.21. The molecule has 0 spiro atoms. The molecule has 0 fully saturated rings. The second kappa shape index (κ2) is 12.5. The zero-order chi connectivity index (χ0) is 24.3. The average molecular weight is 463 g/mol. The highest BCUT2D eigenvalue weighted by Crippen LogP contribution is 2.17. The molecule has 34 heavy (non-hydrogen) atoms. The summed E-state index contributed by atoms with van der Waals surface area (Å²) in [6, 6.07) is 22.3. The van der Waals surface area contributed by atoms with Crippen LogP contribution >= 0.6 is 0 Å². The van der Waals surface area contributed by atoms with Gasteiger partial charge in [-0.2, -0.15) is 0 Å². The zero-order valence-corrected chi connectivity index (χ0v) is 19.7. The predicted molar refractivity (Wildman–Crippen MR) is 131 cm³/mol. The first-order valence-electron chi connectivity index (χ1n) is 11.5. The van der Waals surface area contributed by atoms with Gasteiger partial charge in [-0.15, -0.1) is 0 Å². The van der Waals surface area contributed by atoms with Gasteiger partial charge >= 0.3 is 0 Å². The molecule has 3 rings (SSSR count). The third kappa shape index (κ3) is 7.44. The molecular weight excluding hydrogens is 431 g/mol. The monoisotopic (exact) mass is 462 g/mol. The van der Waals surface area contributed by atoms with Crippen molar-refractivity contribution >= 4 is 11.8 Å². The van der Waals surface area contributed by atoms with E-state index in [1.807, 2.05) is 62.4 Å². The Morgan fingerprint density at radius 2 is 1.71 bits per heavy atom. The van der Waals surface area contributed by atoms with Gasteiger partial charge in [-0.25, -0.2) is 4.39 Å². The molecule has 2 amide bonds.